The van der Waals surface area contributed by atoms with Crippen molar-refractivity contribution in [1.29, 1.82) is 0 Å². The fraction of sp³-hybridized carbons (Fsp3) is 0.278. The molecule has 130 valence electrons. The molecule has 1 N–H and O–H groups in total. The van der Waals surface area contributed by atoms with E-state index in [9.17, 15) is 14.0 Å². The van der Waals surface area contributed by atoms with Crippen LogP contribution in [0.3, 0.4) is 0 Å². The summed E-state index contributed by atoms with van der Waals surface area (Å²) in [6, 6.07) is 10.6. The van der Waals surface area contributed by atoms with Crippen LogP contribution in [0.5, 0.6) is 0 Å². The summed E-state index contributed by atoms with van der Waals surface area (Å²) in [5, 5.41) is 2.74. The minimum Gasteiger partial charge on any atom is -0.356 e. The number of rotatable bonds is 4. The molecule has 2 heterocycles. The summed E-state index contributed by atoms with van der Waals surface area (Å²) in [5.41, 5.74) is 0.939. The molecule has 0 aliphatic carbocycles. The maximum absolute atomic E-state index is 14.2. The second kappa shape index (κ2) is 7.40. The molecule has 0 bridgehead atoms. The number of ether oxygens (including phenoxy) is 1. The SMILES string of the molecule is CN1C(=O)CO[C@@H](C(=O)NCc2ccccn2)[C@H]1c1ccccc1F. The molecule has 1 aromatic carbocycles. The number of hydrogen-bond donors (Lipinski definition) is 1. The first kappa shape index (κ1) is 17.0. The predicted octanol–water partition coefficient (Wildman–Crippen LogP) is 1.44. The topological polar surface area (TPSA) is 71.5 Å². The number of carbonyl (C=O) groups excluding carboxylic acids is 2. The van der Waals surface area contributed by atoms with Gasteiger partial charge in [-0.25, -0.2) is 4.39 Å². The molecule has 3 rings (SSSR count). The van der Waals surface area contributed by atoms with E-state index >= 15 is 0 Å². The third-order valence-electron chi connectivity index (χ3n) is 4.14. The Balaban J connectivity index is 1.81. The molecular weight excluding hydrogens is 325 g/mol. The molecule has 1 fully saturated rings. The highest BCUT2D eigenvalue weighted by atomic mass is 19.1. The second-order valence-electron chi connectivity index (χ2n) is 5.74. The Kier molecular flexibility index (Phi) is 5.04. The van der Waals surface area contributed by atoms with Gasteiger partial charge in [-0.3, -0.25) is 14.6 Å². The normalized spacial score (nSPS) is 20.4. The first-order valence-electron chi connectivity index (χ1n) is 7.87. The minimum atomic E-state index is -0.997. The second-order valence-corrected chi connectivity index (χ2v) is 5.74. The van der Waals surface area contributed by atoms with Gasteiger partial charge in [0.1, 0.15) is 12.4 Å². The lowest BCUT2D eigenvalue weighted by molar-refractivity contribution is -0.162. The number of nitrogens with zero attached hydrogens (tertiary/aromatic N) is 2. The van der Waals surface area contributed by atoms with Crippen LogP contribution in [-0.2, 0) is 20.9 Å². The lowest BCUT2D eigenvalue weighted by Gasteiger charge is -2.38. The monoisotopic (exact) mass is 343 g/mol. The van der Waals surface area contributed by atoms with Crippen LogP contribution < -0.4 is 5.32 Å². The molecule has 6 nitrogen and oxygen atoms in total. The molecule has 2 atom stereocenters. The number of benzene rings is 1. The summed E-state index contributed by atoms with van der Waals surface area (Å²) in [6.07, 6.45) is 0.635. The fourth-order valence-electron chi connectivity index (χ4n) is 2.80. The lowest BCUT2D eigenvalue weighted by Crippen LogP contribution is -2.53. The molecule has 1 aliphatic heterocycles. The van der Waals surface area contributed by atoms with Crippen molar-refractivity contribution in [2.75, 3.05) is 13.7 Å². The van der Waals surface area contributed by atoms with Crippen LogP contribution in [0.2, 0.25) is 0 Å². The number of hydrogen-bond acceptors (Lipinski definition) is 4. The number of likely N-dealkylation sites (N-methyl/N-ethyl adjacent to an activating group) is 1. The summed E-state index contributed by atoms with van der Waals surface area (Å²) in [7, 11) is 1.54. The molecule has 2 aromatic rings. The maximum atomic E-state index is 14.2. The smallest absolute Gasteiger partial charge is 0.252 e. The molecule has 0 radical (unpaired) electrons. The van der Waals surface area contributed by atoms with Gasteiger partial charge in [0.15, 0.2) is 6.10 Å². The van der Waals surface area contributed by atoms with E-state index in [-0.39, 0.29) is 24.6 Å². The Labute approximate surface area is 144 Å². The number of pyridine rings is 1. The molecule has 0 unspecified atom stereocenters. The van der Waals surface area contributed by atoms with Crippen molar-refractivity contribution in [1.82, 2.24) is 15.2 Å². The molecule has 1 aromatic heterocycles. The predicted molar refractivity (Wildman–Crippen MR) is 87.7 cm³/mol. The van der Waals surface area contributed by atoms with E-state index in [1.165, 1.54) is 11.0 Å². The zero-order valence-corrected chi connectivity index (χ0v) is 13.7. The fourth-order valence-corrected chi connectivity index (χ4v) is 2.80. The van der Waals surface area contributed by atoms with Gasteiger partial charge in [0, 0.05) is 18.8 Å². The average molecular weight is 343 g/mol. The summed E-state index contributed by atoms with van der Waals surface area (Å²) in [6.45, 7) is 0.00428. The molecular formula is C18H18FN3O3. The zero-order valence-electron chi connectivity index (χ0n) is 13.7. The molecule has 0 spiro atoms. The van der Waals surface area contributed by atoms with Gasteiger partial charge in [0.2, 0.25) is 5.91 Å². The number of carbonyl (C=O) groups is 2. The van der Waals surface area contributed by atoms with Crippen molar-refractivity contribution >= 4 is 11.8 Å². The Morgan fingerprint density at radius 1 is 1.32 bits per heavy atom. The van der Waals surface area contributed by atoms with Crippen LogP contribution in [0.15, 0.2) is 48.7 Å². The van der Waals surface area contributed by atoms with Crippen LogP contribution in [0, 0.1) is 5.82 Å². The van der Waals surface area contributed by atoms with Crippen LogP contribution in [0.4, 0.5) is 4.39 Å². The van der Waals surface area contributed by atoms with Crippen LogP contribution in [0.1, 0.15) is 17.3 Å². The van der Waals surface area contributed by atoms with Crippen LogP contribution in [-0.4, -0.2) is 41.5 Å². The number of nitrogens with one attached hydrogen (secondary N) is 1. The Morgan fingerprint density at radius 3 is 2.80 bits per heavy atom. The highest BCUT2D eigenvalue weighted by molar-refractivity contribution is 5.86. The largest absolute Gasteiger partial charge is 0.356 e. The molecule has 1 saturated heterocycles. The Morgan fingerprint density at radius 2 is 2.08 bits per heavy atom. The molecule has 25 heavy (non-hydrogen) atoms. The van der Waals surface area contributed by atoms with Gasteiger partial charge in [-0.2, -0.15) is 0 Å². The summed E-state index contributed by atoms with van der Waals surface area (Å²) in [5.74, 6) is -1.21. The van der Waals surface area contributed by atoms with Crippen molar-refractivity contribution < 1.29 is 18.7 Å². The highest BCUT2D eigenvalue weighted by Gasteiger charge is 2.41. The molecule has 0 saturated carbocycles. The number of amides is 2. The van der Waals surface area contributed by atoms with Gasteiger partial charge < -0.3 is 15.0 Å². The lowest BCUT2D eigenvalue weighted by atomic mass is 9.97. The Hall–Kier alpha value is -2.80. The van der Waals surface area contributed by atoms with Crippen molar-refractivity contribution in [3.63, 3.8) is 0 Å². The van der Waals surface area contributed by atoms with Gasteiger partial charge in [0.05, 0.1) is 18.3 Å². The third-order valence-corrected chi connectivity index (χ3v) is 4.14. The first-order chi connectivity index (χ1) is 12.1. The van der Waals surface area contributed by atoms with Gasteiger partial charge >= 0.3 is 0 Å². The Bertz CT molecular complexity index is 769. The van der Waals surface area contributed by atoms with E-state index in [4.69, 9.17) is 4.74 Å². The van der Waals surface area contributed by atoms with Gasteiger partial charge in [-0.05, 0) is 18.2 Å². The first-order valence-corrected chi connectivity index (χ1v) is 7.87. The van der Waals surface area contributed by atoms with Gasteiger partial charge in [0.25, 0.3) is 5.91 Å². The summed E-state index contributed by atoms with van der Waals surface area (Å²) >= 11 is 0. The quantitative estimate of drug-likeness (QED) is 0.912. The standard InChI is InChI=1S/C18H18FN3O3/c1-22-15(23)11-25-17(16(22)13-7-2-3-8-14(13)19)18(24)21-10-12-6-4-5-9-20-12/h2-9,16-17H,10-11H2,1H3,(H,21,24)/t16-,17-/m1/s1. The van der Waals surface area contributed by atoms with E-state index < -0.39 is 23.9 Å². The van der Waals surface area contributed by atoms with E-state index in [0.717, 1.165) is 0 Å². The maximum Gasteiger partial charge on any atom is 0.252 e. The summed E-state index contributed by atoms with van der Waals surface area (Å²) < 4.78 is 19.7. The number of morpholine rings is 1. The van der Waals surface area contributed by atoms with Crippen molar-refractivity contribution in [3.05, 3.63) is 65.7 Å². The van der Waals surface area contributed by atoms with E-state index in [0.29, 0.717) is 5.69 Å². The van der Waals surface area contributed by atoms with Crippen LogP contribution >= 0.6 is 0 Å². The number of aromatic nitrogens is 1. The highest BCUT2D eigenvalue weighted by Crippen LogP contribution is 2.30. The summed E-state index contributed by atoms with van der Waals surface area (Å²) in [4.78, 5) is 30.1. The van der Waals surface area contributed by atoms with Crippen molar-refractivity contribution in [3.8, 4) is 0 Å². The molecule has 2 amide bonds. The third kappa shape index (κ3) is 3.66. The number of halogens is 1. The molecule has 1 aliphatic rings. The van der Waals surface area contributed by atoms with Gasteiger partial charge in [-0.1, -0.05) is 24.3 Å². The van der Waals surface area contributed by atoms with Gasteiger partial charge in [-0.15, -0.1) is 0 Å². The van der Waals surface area contributed by atoms with Crippen molar-refractivity contribution in [2.45, 2.75) is 18.7 Å². The van der Waals surface area contributed by atoms with E-state index in [1.54, 1.807) is 43.6 Å². The molecule has 7 heteroatoms. The van der Waals surface area contributed by atoms with Crippen molar-refractivity contribution in [2.24, 2.45) is 0 Å². The van der Waals surface area contributed by atoms with E-state index in [1.807, 2.05) is 6.07 Å². The zero-order chi connectivity index (χ0) is 17.8. The van der Waals surface area contributed by atoms with Crippen LogP contribution in [0.25, 0.3) is 0 Å². The average Bonchev–Trinajstić information content (AvgIpc) is 2.63. The van der Waals surface area contributed by atoms with E-state index in [2.05, 4.69) is 10.3 Å². The minimum absolute atomic E-state index is 0.219.